The van der Waals surface area contributed by atoms with Crippen molar-refractivity contribution >= 4 is 0 Å². The van der Waals surface area contributed by atoms with Gasteiger partial charge in [-0.2, -0.15) is 0 Å². The van der Waals surface area contributed by atoms with Crippen LogP contribution in [0.25, 0.3) is 0 Å². The summed E-state index contributed by atoms with van der Waals surface area (Å²) in [5, 5.41) is 3.78. The molecule has 1 N–H and O–H groups in total. The van der Waals surface area contributed by atoms with Gasteiger partial charge in [-0.05, 0) is 37.7 Å². The lowest BCUT2D eigenvalue weighted by molar-refractivity contribution is 0.111. The normalized spacial score (nSPS) is 29.8. The smallest absolute Gasteiger partial charge is 0.0414 e. The molecule has 104 valence electrons. The van der Waals surface area contributed by atoms with Gasteiger partial charge in [0.15, 0.2) is 0 Å². The molecule has 0 aromatic rings. The highest BCUT2D eigenvalue weighted by molar-refractivity contribution is 5.29. The zero-order chi connectivity index (χ0) is 13.4. The van der Waals surface area contributed by atoms with Crippen LogP contribution in [0.15, 0.2) is 11.1 Å². The average molecular weight is 250 g/mol. The Balaban J connectivity index is 2.35. The maximum atomic E-state index is 3.78. The van der Waals surface area contributed by atoms with E-state index in [1.165, 1.54) is 13.0 Å². The third-order valence-corrected chi connectivity index (χ3v) is 4.65. The van der Waals surface area contributed by atoms with Crippen LogP contribution >= 0.6 is 0 Å². The highest BCUT2D eigenvalue weighted by Crippen LogP contribution is 2.35. The fourth-order valence-corrected chi connectivity index (χ4v) is 3.79. The molecule has 2 heteroatoms. The van der Waals surface area contributed by atoms with Crippen LogP contribution in [0.5, 0.6) is 0 Å². The number of hydrogen-bond acceptors (Lipinski definition) is 2. The van der Waals surface area contributed by atoms with Gasteiger partial charge in [0.25, 0.3) is 0 Å². The molecule has 3 aliphatic heterocycles. The standard InChI is InChI=1S/C16H30N2/c1-10(2)14-7-13-8-17-15(16(14)11(3)4)9-18(13)12(5)6/h10-13,15,17H,7-9H2,1-6H3. The second-order valence-corrected chi connectivity index (χ2v) is 6.90. The molecule has 1 fully saturated rings. The van der Waals surface area contributed by atoms with E-state index in [0.717, 1.165) is 6.54 Å². The van der Waals surface area contributed by atoms with Crippen molar-refractivity contribution in [2.45, 2.75) is 66.1 Å². The molecule has 18 heavy (non-hydrogen) atoms. The molecule has 2 unspecified atom stereocenters. The molecule has 0 aromatic heterocycles. The highest BCUT2D eigenvalue weighted by atomic mass is 15.3. The minimum Gasteiger partial charge on any atom is -0.308 e. The predicted octanol–water partition coefficient (Wildman–Crippen LogP) is 3.05. The summed E-state index contributed by atoms with van der Waals surface area (Å²) in [5.74, 6) is 1.37. The van der Waals surface area contributed by atoms with Gasteiger partial charge in [0.1, 0.15) is 0 Å². The van der Waals surface area contributed by atoms with Gasteiger partial charge in [0.2, 0.25) is 0 Å². The zero-order valence-corrected chi connectivity index (χ0v) is 13.0. The van der Waals surface area contributed by atoms with E-state index in [4.69, 9.17) is 0 Å². The Labute approximate surface area is 113 Å². The monoisotopic (exact) mass is 250 g/mol. The number of nitrogens with zero attached hydrogens (tertiary/aromatic N) is 1. The minimum atomic E-state index is 0.587. The van der Waals surface area contributed by atoms with Crippen LogP contribution in [-0.4, -0.2) is 36.1 Å². The summed E-state index contributed by atoms with van der Waals surface area (Å²) in [6.07, 6.45) is 1.27. The van der Waals surface area contributed by atoms with Crippen LogP contribution in [0.3, 0.4) is 0 Å². The summed E-state index contributed by atoms with van der Waals surface area (Å²) in [6.45, 7) is 16.5. The zero-order valence-electron chi connectivity index (χ0n) is 13.0. The number of fused-ring (bicyclic) bond motifs is 3. The van der Waals surface area contributed by atoms with Crippen LogP contribution in [0.1, 0.15) is 48.0 Å². The molecule has 0 aromatic carbocycles. The minimum absolute atomic E-state index is 0.587. The number of hydrogen-bond donors (Lipinski definition) is 1. The summed E-state index contributed by atoms with van der Waals surface area (Å²) in [5.41, 5.74) is 3.43. The van der Waals surface area contributed by atoms with E-state index in [1.54, 1.807) is 11.1 Å². The molecule has 0 saturated carbocycles. The topological polar surface area (TPSA) is 15.3 Å². The van der Waals surface area contributed by atoms with Crippen LogP contribution in [0, 0.1) is 11.8 Å². The van der Waals surface area contributed by atoms with E-state index in [1.807, 2.05) is 0 Å². The Morgan fingerprint density at radius 3 is 2.22 bits per heavy atom. The van der Waals surface area contributed by atoms with Gasteiger partial charge in [-0.15, -0.1) is 0 Å². The Kier molecular flexibility index (Phi) is 4.18. The van der Waals surface area contributed by atoms with Gasteiger partial charge in [-0.25, -0.2) is 0 Å². The SMILES string of the molecule is CC(C)C1=C(C(C)C)C2CN(C(C)C)C(CN2)C1. The maximum Gasteiger partial charge on any atom is 0.0414 e. The first kappa shape index (κ1) is 14.1. The number of rotatable bonds is 3. The van der Waals surface area contributed by atoms with E-state index in [-0.39, 0.29) is 0 Å². The third kappa shape index (κ3) is 2.50. The summed E-state index contributed by atoms with van der Waals surface area (Å²) >= 11 is 0. The third-order valence-electron chi connectivity index (χ3n) is 4.65. The molecule has 0 spiro atoms. The van der Waals surface area contributed by atoms with E-state index < -0.39 is 0 Å². The van der Waals surface area contributed by atoms with Gasteiger partial charge in [0.05, 0.1) is 0 Å². The van der Waals surface area contributed by atoms with Crippen LogP contribution in [0.2, 0.25) is 0 Å². The van der Waals surface area contributed by atoms with Gasteiger partial charge in [-0.3, -0.25) is 4.90 Å². The lowest BCUT2D eigenvalue weighted by Gasteiger charge is -2.41. The largest absolute Gasteiger partial charge is 0.308 e. The molecule has 2 nitrogen and oxygen atoms in total. The number of piperazine rings is 1. The van der Waals surface area contributed by atoms with Crippen molar-refractivity contribution < 1.29 is 0 Å². The van der Waals surface area contributed by atoms with E-state index in [2.05, 4.69) is 51.8 Å². The molecule has 0 amide bonds. The van der Waals surface area contributed by atoms with Crippen molar-refractivity contribution in [3.63, 3.8) is 0 Å². The predicted molar refractivity (Wildman–Crippen MR) is 78.7 cm³/mol. The van der Waals surface area contributed by atoms with Crippen molar-refractivity contribution in [3.8, 4) is 0 Å². The molecule has 3 heterocycles. The Hall–Kier alpha value is -0.340. The molecule has 0 radical (unpaired) electrons. The highest BCUT2D eigenvalue weighted by Gasteiger charge is 2.37. The molecule has 1 saturated heterocycles. The van der Waals surface area contributed by atoms with E-state index in [9.17, 15) is 0 Å². The van der Waals surface area contributed by atoms with Gasteiger partial charge >= 0.3 is 0 Å². The van der Waals surface area contributed by atoms with Gasteiger partial charge < -0.3 is 5.32 Å². The molecule has 2 atom stereocenters. The molecular formula is C16H30N2. The van der Waals surface area contributed by atoms with Crippen molar-refractivity contribution in [1.29, 1.82) is 0 Å². The van der Waals surface area contributed by atoms with E-state index in [0.29, 0.717) is 30.0 Å². The first-order valence-corrected chi connectivity index (χ1v) is 7.63. The van der Waals surface area contributed by atoms with Crippen molar-refractivity contribution in [2.24, 2.45) is 11.8 Å². The Morgan fingerprint density at radius 2 is 1.72 bits per heavy atom. The molecule has 0 aliphatic carbocycles. The van der Waals surface area contributed by atoms with Crippen LogP contribution in [0.4, 0.5) is 0 Å². The molecule has 3 aliphatic rings. The number of nitrogens with one attached hydrogen (secondary N) is 1. The summed E-state index contributed by atoms with van der Waals surface area (Å²) in [7, 11) is 0. The quantitative estimate of drug-likeness (QED) is 0.775. The fourth-order valence-electron chi connectivity index (χ4n) is 3.79. The second kappa shape index (κ2) is 5.34. The Bertz CT molecular complexity index is 328. The van der Waals surface area contributed by atoms with Crippen LogP contribution < -0.4 is 5.32 Å². The van der Waals surface area contributed by atoms with Crippen molar-refractivity contribution in [2.75, 3.05) is 13.1 Å². The summed E-state index contributed by atoms with van der Waals surface area (Å²) < 4.78 is 0. The molecule has 2 bridgehead atoms. The molecule has 3 rings (SSSR count). The van der Waals surface area contributed by atoms with Crippen molar-refractivity contribution in [3.05, 3.63) is 11.1 Å². The van der Waals surface area contributed by atoms with Crippen molar-refractivity contribution in [1.82, 2.24) is 10.2 Å². The average Bonchev–Trinajstić information content (AvgIpc) is 2.56. The molecular weight excluding hydrogens is 220 g/mol. The van der Waals surface area contributed by atoms with E-state index >= 15 is 0 Å². The summed E-state index contributed by atoms with van der Waals surface area (Å²) in [6, 6.07) is 1.96. The van der Waals surface area contributed by atoms with Gasteiger partial charge in [0, 0.05) is 31.2 Å². The van der Waals surface area contributed by atoms with Crippen LogP contribution in [-0.2, 0) is 0 Å². The van der Waals surface area contributed by atoms with Gasteiger partial charge in [-0.1, -0.05) is 33.3 Å². The lowest BCUT2D eigenvalue weighted by atomic mass is 9.85. The first-order valence-electron chi connectivity index (χ1n) is 7.63. The summed E-state index contributed by atoms with van der Waals surface area (Å²) in [4.78, 5) is 2.71. The first-order chi connectivity index (χ1) is 8.41. The Morgan fingerprint density at radius 1 is 1.06 bits per heavy atom. The lowest BCUT2D eigenvalue weighted by Crippen LogP contribution is -2.57. The second-order valence-electron chi connectivity index (χ2n) is 6.90. The fraction of sp³-hybridized carbons (Fsp3) is 0.875. The maximum absolute atomic E-state index is 3.78.